The van der Waals surface area contributed by atoms with Crippen LogP contribution in [0.3, 0.4) is 0 Å². The fourth-order valence-electron chi connectivity index (χ4n) is 3.79. The highest BCUT2D eigenvalue weighted by Crippen LogP contribution is 2.35. The zero-order valence-corrected chi connectivity index (χ0v) is 19.5. The Bertz CT molecular complexity index is 1080. The van der Waals surface area contributed by atoms with Gasteiger partial charge in [-0.1, -0.05) is 38.1 Å². The predicted molar refractivity (Wildman–Crippen MR) is 126 cm³/mol. The summed E-state index contributed by atoms with van der Waals surface area (Å²) < 4.78 is 12.6. The van der Waals surface area contributed by atoms with Crippen LogP contribution in [0.15, 0.2) is 71.5 Å². The topological polar surface area (TPSA) is 80.7 Å². The lowest BCUT2D eigenvalue weighted by Gasteiger charge is -2.35. The number of pyridine rings is 1. The van der Waals surface area contributed by atoms with Gasteiger partial charge in [-0.15, -0.1) is 0 Å². The highest BCUT2D eigenvalue weighted by Gasteiger charge is 2.32. The van der Waals surface area contributed by atoms with E-state index in [2.05, 4.69) is 64.3 Å². The summed E-state index contributed by atoms with van der Waals surface area (Å²) in [4.78, 5) is 14.8. The second-order valence-electron chi connectivity index (χ2n) is 8.45. The molecule has 2 aromatic carbocycles. The van der Waals surface area contributed by atoms with Crippen LogP contribution in [0.25, 0.3) is 0 Å². The molecule has 166 valence electrons. The van der Waals surface area contributed by atoms with Gasteiger partial charge in [0.1, 0.15) is 28.0 Å². The number of hydrogen-bond acceptors (Lipinski definition) is 4. The summed E-state index contributed by atoms with van der Waals surface area (Å²) in [5.41, 5.74) is 2.16. The Hall–Kier alpha value is -3.06. The molecule has 3 aromatic rings. The van der Waals surface area contributed by atoms with E-state index in [-0.39, 0.29) is 17.6 Å². The summed E-state index contributed by atoms with van der Waals surface area (Å²) in [5, 5.41) is 11.2. The summed E-state index contributed by atoms with van der Waals surface area (Å²) in [6, 6.07) is 19.9. The van der Waals surface area contributed by atoms with E-state index in [1.165, 1.54) is 11.1 Å². The van der Waals surface area contributed by atoms with E-state index in [0.29, 0.717) is 12.8 Å². The van der Waals surface area contributed by atoms with Gasteiger partial charge in [0.2, 0.25) is 0 Å². The molecular formula is C25H25BrN2O4. The number of aromatic nitrogens is 1. The van der Waals surface area contributed by atoms with Crippen molar-refractivity contribution in [2.45, 2.75) is 44.2 Å². The van der Waals surface area contributed by atoms with Crippen molar-refractivity contribution in [2.24, 2.45) is 0 Å². The third-order valence-corrected chi connectivity index (χ3v) is 6.24. The number of rotatable bonds is 7. The van der Waals surface area contributed by atoms with Gasteiger partial charge in [-0.2, -0.15) is 0 Å². The van der Waals surface area contributed by atoms with Gasteiger partial charge in [-0.05, 0) is 57.4 Å². The number of halogens is 1. The lowest BCUT2D eigenvalue weighted by Crippen LogP contribution is -2.48. The van der Waals surface area contributed by atoms with Gasteiger partial charge in [0.15, 0.2) is 0 Å². The maximum absolute atomic E-state index is 10.7. The van der Waals surface area contributed by atoms with Crippen molar-refractivity contribution in [2.75, 3.05) is 0 Å². The molecule has 0 bridgehead atoms. The minimum absolute atomic E-state index is 0.0114. The molecule has 2 N–H and O–H groups in total. The van der Waals surface area contributed by atoms with Gasteiger partial charge >= 0.3 is 6.09 Å². The van der Waals surface area contributed by atoms with Gasteiger partial charge < -0.3 is 19.9 Å². The van der Waals surface area contributed by atoms with Crippen molar-refractivity contribution in [3.8, 4) is 17.2 Å². The molecule has 32 heavy (non-hydrogen) atoms. The molecular weight excluding hydrogens is 472 g/mol. The maximum Gasteiger partial charge on any atom is 0.404 e. The molecule has 1 heterocycles. The van der Waals surface area contributed by atoms with Crippen LogP contribution >= 0.6 is 15.9 Å². The Labute approximate surface area is 195 Å². The Morgan fingerprint density at radius 3 is 2.16 bits per heavy atom. The van der Waals surface area contributed by atoms with E-state index in [0.717, 1.165) is 21.9 Å². The van der Waals surface area contributed by atoms with Crippen molar-refractivity contribution >= 4 is 22.0 Å². The fourth-order valence-corrected chi connectivity index (χ4v) is 4.13. The van der Waals surface area contributed by atoms with Crippen molar-refractivity contribution < 1.29 is 19.4 Å². The summed E-state index contributed by atoms with van der Waals surface area (Å²) in [6.45, 7) is 4.37. The molecule has 0 atom stereocenters. The predicted octanol–water partition coefficient (Wildman–Crippen LogP) is 6.14. The van der Waals surface area contributed by atoms with Crippen LogP contribution in [0.1, 0.15) is 37.8 Å². The number of hydrogen-bond donors (Lipinski definition) is 2. The SMILES string of the molecule is CC(C)(c1ccc(Oc2ccnc(Br)c2)cc1)c1ccc(O[C@H]2C[C@H](NC(=O)O)C2)cc1. The lowest BCUT2D eigenvalue weighted by molar-refractivity contribution is 0.0833. The average molecular weight is 497 g/mol. The number of amides is 1. The summed E-state index contributed by atoms with van der Waals surface area (Å²) in [5.74, 6) is 2.30. The monoisotopic (exact) mass is 496 g/mol. The molecule has 1 fully saturated rings. The number of benzene rings is 2. The van der Waals surface area contributed by atoms with Gasteiger partial charge in [-0.25, -0.2) is 9.78 Å². The van der Waals surface area contributed by atoms with Crippen LogP contribution in [-0.4, -0.2) is 28.3 Å². The summed E-state index contributed by atoms with van der Waals surface area (Å²) in [7, 11) is 0. The number of nitrogens with zero attached hydrogens (tertiary/aromatic N) is 1. The van der Waals surface area contributed by atoms with Crippen LogP contribution in [-0.2, 0) is 5.41 Å². The van der Waals surface area contributed by atoms with Gasteiger partial charge in [-0.3, -0.25) is 0 Å². The molecule has 7 heteroatoms. The molecule has 1 aliphatic rings. The van der Waals surface area contributed by atoms with Crippen LogP contribution in [0, 0.1) is 0 Å². The molecule has 0 aliphatic heterocycles. The second-order valence-corrected chi connectivity index (χ2v) is 9.26. The van der Waals surface area contributed by atoms with Crippen LogP contribution in [0.4, 0.5) is 4.79 Å². The van der Waals surface area contributed by atoms with Crippen LogP contribution < -0.4 is 14.8 Å². The molecule has 1 amide bonds. The fraction of sp³-hybridized carbons (Fsp3) is 0.280. The van der Waals surface area contributed by atoms with Crippen LogP contribution in [0.5, 0.6) is 17.2 Å². The molecule has 0 unspecified atom stereocenters. The Morgan fingerprint density at radius 1 is 1.00 bits per heavy atom. The van der Waals surface area contributed by atoms with E-state index < -0.39 is 6.09 Å². The lowest BCUT2D eigenvalue weighted by atomic mass is 9.78. The van der Waals surface area contributed by atoms with E-state index >= 15 is 0 Å². The van der Waals surface area contributed by atoms with E-state index in [1.807, 2.05) is 36.4 Å². The molecule has 0 saturated heterocycles. The number of carbonyl (C=O) groups is 1. The Balaban J connectivity index is 1.38. The number of nitrogens with one attached hydrogen (secondary N) is 1. The largest absolute Gasteiger partial charge is 0.490 e. The van der Waals surface area contributed by atoms with Crippen molar-refractivity contribution in [1.82, 2.24) is 10.3 Å². The Kier molecular flexibility index (Phi) is 6.37. The second kappa shape index (κ2) is 9.20. The van der Waals surface area contributed by atoms with Crippen molar-refractivity contribution in [3.05, 3.63) is 82.6 Å². The third kappa shape index (κ3) is 5.22. The van der Waals surface area contributed by atoms with Crippen LogP contribution in [0.2, 0.25) is 0 Å². The molecule has 1 saturated carbocycles. The first kappa shape index (κ1) is 22.1. The minimum atomic E-state index is -0.981. The quantitative estimate of drug-likeness (QED) is 0.384. The molecule has 0 radical (unpaired) electrons. The zero-order chi connectivity index (χ0) is 22.7. The molecule has 6 nitrogen and oxygen atoms in total. The zero-order valence-electron chi connectivity index (χ0n) is 17.9. The van der Waals surface area contributed by atoms with E-state index in [4.69, 9.17) is 14.6 Å². The highest BCUT2D eigenvalue weighted by molar-refractivity contribution is 9.10. The minimum Gasteiger partial charge on any atom is -0.490 e. The summed E-state index contributed by atoms with van der Waals surface area (Å²) in [6.07, 6.45) is 2.17. The van der Waals surface area contributed by atoms with Gasteiger partial charge in [0.25, 0.3) is 0 Å². The molecule has 1 aromatic heterocycles. The normalized spacial score (nSPS) is 17.8. The maximum atomic E-state index is 10.7. The number of carboxylic acid groups (broad SMARTS) is 1. The Morgan fingerprint density at radius 2 is 1.59 bits per heavy atom. The molecule has 0 spiro atoms. The van der Waals surface area contributed by atoms with Gasteiger partial charge in [0, 0.05) is 36.6 Å². The first-order valence-corrected chi connectivity index (χ1v) is 11.3. The average Bonchev–Trinajstić information content (AvgIpc) is 2.73. The van der Waals surface area contributed by atoms with E-state index in [1.54, 1.807) is 6.20 Å². The summed E-state index contributed by atoms with van der Waals surface area (Å²) >= 11 is 3.35. The third-order valence-electron chi connectivity index (χ3n) is 5.81. The standard InChI is InChI=1S/C25H25BrN2O4/c1-25(2,16-3-7-19(8-4-16)31-21-11-12-27-23(26)15-21)17-5-9-20(10-6-17)32-22-13-18(14-22)28-24(29)30/h3-12,15,18,22,28H,13-14H2,1-2H3,(H,29,30)/t18-,22-. The first-order chi connectivity index (χ1) is 15.3. The molecule has 4 rings (SSSR count). The first-order valence-electron chi connectivity index (χ1n) is 10.5. The number of ether oxygens (including phenoxy) is 2. The van der Waals surface area contributed by atoms with Crippen molar-refractivity contribution in [1.29, 1.82) is 0 Å². The van der Waals surface area contributed by atoms with E-state index in [9.17, 15) is 4.79 Å². The van der Waals surface area contributed by atoms with Crippen molar-refractivity contribution in [3.63, 3.8) is 0 Å². The highest BCUT2D eigenvalue weighted by atomic mass is 79.9. The van der Waals surface area contributed by atoms with Gasteiger partial charge in [0.05, 0.1) is 0 Å². The smallest absolute Gasteiger partial charge is 0.404 e. The molecule has 1 aliphatic carbocycles.